The van der Waals surface area contributed by atoms with Gasteiger partial charge in [0.2, 0.25) is 0 Å². The Morgan fingerprint density at radius 3 is 3.07 bits per heavy atom. The Morgan fingerprint density at radius 2 is 2.47 bits per heavy atom. The second kappa shape index (κ2) is 4.40. The molecule has 4 heteroatoms. The molecule has 0 aliphatic carbocycles. The number of aromatic nitrogens is 1. The number of ether oxygens (including phenoxy) is 1. The van der Waals surface area contributed by atoms with E-state index in [2.05, 4.69) is 16.8 Å². The maximum absolute atomic E-state index is 10.5. The van der Waals surface area contributed by atoms with E-state index in [0.29, 0.717) is 11.7 Å². The van der Waals surface area contributed by atoms with E-state index < -0.39 is 0 Å². The van der Waals surface area contributed by atoms with Gasteiger partial charge in [0.25, 0.3) is 0 Å². The van der Waals surface area contributed by atoms with Gasteiger partial charge in [0.15, 0.2) is 6.29 Å². The van der Waals surface area contributed by atoms with Gasteiger partial charge in [-0.15, -0.1) is 0 Å². The van der Waals surface area contributed by atoms with Gasteiger partial charge in [-0.05, 0) is 19.1 Å². The van der Waals surface area contributed by atoms with Gasteiger partial charge >= 0.3 is 0 Å². The fourth-order valence-corrected chi connectivity index (χ4v) is 1.75. The van der Waals surface area contributed by atoms with Crippen molar-refractivity contribution >= 4 is 12.0 Å². The predicted molar refractivity (Wildman–Crippen MR) is 57.3 cm³/mol. The molecule has 1 aliphatic rings. The van der Waals surface area contributed by atoms with Crippen LogP contribution in [0.5, 0.6) is 0 Å². The van der Waals surface area contributed by atoms with E-state index in [4.69, 9.17) is 4.74 Å². The Bertz CT molecular complexity index is 337. The lowest BCUT2D eigenvalue weighted by atomic mass is 10.2. The smallest absolute Gasteiger partial charge is 0.168 e. The minimum Gasteiger partial charge on any atom is -0.377 e. The lowest BCUT2D eigenvalue weighted by Crippen LogP contribution is -2.43. The average Bonchev–Trinajstić information content (AvgIpc) is 2.30. The van der Waals surface area contributed by atoms with Crippen molar-refractivity contribution in [2.75, 3.05) is 24.7 Å². The molecule has 2 heterocycles. The zero-order valence-corrected chi connectivity index (χ0v) is 8.72. The Morgan fingerprint density at radius 1 is 1.60 bits per heavy atom. The Balaban J connectivity index is 2.16. The molecule has 1 aliphatic heterocycles. The summed E-state index contributed by atoms with van der Waals surface area (Å²) in [5.74, 6) is 0. The summed E-state index contributed by atoms with van der Waals surface area (Å²) in [4.78, 5) is 16.8. The molecule has 1 aromatic heterocycles. The average molecular weight is 206 g/mol. The summed E-state index contributed by atoms with van der Waals surface area (Å²) in [5, 5.41) is 0. The van der Waals surface area contributed by atoms with Crippen molar-refractivity contribution in [1.29, 1.82) is 0 Å². The van der Waals surface area contributed by atoms with Crippen molar-refractivity contribution in [3.8, 4) is 0 Å². The molecule has 80 valence electrons. The Labute approximate surface area is 88.9 Å². The first kappa shape index (κ1) is 10.1. The van der Waals surface area contributed by atoms with E-state index in [0.717, 1.165) is 31.7 Å². The standard InChI is InChI=1S/C11H14N2O2/c1-9-8-15-5-4-13(9)11-3-2-10(7-14)12-6-11/h2-3,6-7,9H,4-5,8H2,1H3. The zero-order chi connectivity index (χ0) is 10.7. The number of hydrogen-bond donors (Lipinski definition) is 0. The molecule has 0 aromatic carbocycles. The van der Waals surface area contributed by atoms with Crippen LogP contribution in [0.25, 0.3) is 0 Å². The molecule has 2 rings (SSSR count). The van der Waals surface area contributed by atoms with Crippen LogP contribution in [-0.4, -0.2) is 37.1 Å². The summed E-state index contributed by atoms with van der Waals surface area (Å²) in [6.45, 7) is 4.49. The third-order valence-electron chi connectivity index (χ3n) is 2.59. The first-order chi connectivity index (χ1) is 7.31. The summed E-state index contributed by atoms with van der Waals surface area (Å²) >= 11 is 0. The first-order valence-electron chi connectivity index (χ1n) is 5.07. The monoisotopic (exact) mass is 206 g/mol. The molecule has 1 aromatic rings. The van der Waals surface area contributed by atoms with Crippen LogP contribution in [0.15, 0.2) is 18.3 Å². The molecule has 4 nitrogen and oxygen atoms in total. The van der Waals surface area contributed by atoms with Crippen molar-refractivity contribution in [3.05, 3.63) is 24.0 Å². The highest BCUT2D eigenvalue weighted by atomic mass is 16.5. The van der Waals surface area contributed by atoms with Crippen molar-refractivity contribution < 1.29 is 9.53 Å². The quantitative estimate of drug-likeness (QED) is 0.680. The third-order valence-corrected chi connectivity index (χ3v) is 2.59. The number of carbonyl (C=O) groups is 1. The summed E-state index contributed by atoms with van der Waals surface area (Å²) < 4.78 is 5.36. The maximum atomic E-state index is 10.5. The SMILES string of the molecule is CC1COCCN1c1ccc(C=O)nc1. The highest BCUT2D eigenvalue weighted by molar-refractivity contribution is 5.72. The molecule has 0 N–H and O–H groups in total. The van der Waals surface area contributed by atoms with Gasteiger partial charge in [0.1, 0.15) is 5.69 Å². The minimum atomic E-state index is 0.364. The molecule has 0 radical (unpaired) electrons. The molecule has 0 spiro atoms. The van der Waals surface area contributed by atoms with Crippen LogP contribution in [-0.2, 0) is 4.74 Å². The van der Waals surface area contributed by atoms with E-state index in [1.165, 1.54) is 0 Å². The fourth-order valence-electron chi connectivity index (χ4n) is 1.75. The normalized spacial score (nSPS) is 21.4. The second-order valence-corrected chi connectivity index (χ2v) is 3.68. The van der Waals surface area contributed by atoms with Crippen molar-refractivity contribution in [2.45, 2.75) is 13.0 Å². The summed E-state index contributed by atoms with van der Waals surface area (Å²) in [7, 11) is 0. The summed E-state index contributed by atoms with van der Waals surface area (Å²) in [6, 6.07) is 4.03. The number of anilines is 1. The van der Waals surface area contributed by atoms with Crippen LogP contribution in [0.3, 0.4) is 0 Å². The van der Waals surface area contributed by atoms with E-state index in [9.17, 15) is 4.79 Å². The van der Waals surface area contributed by atoms with E-state index in [1.807, 2.05) is 6.07 Å². The fraction of sp³-hybridized carbons (Fsp3) is 0.455. The van der Waals surface area contributed by atoms with Gasteiger partial charge in [-0.3, -0.25) is 9.78 Å². The highest BCUT2D eigenvalue weighted by Crippen LogP contribution is 2.18. The number of carbonyl (C=O) groups excluding carboxylic acids is 1. The number of pyridine rings is 1. The first-order valence-corrected chi connectivity index (χ1v) is 5.07. The summed E-state index contributed by atoms with van der Waals surface area (Å²) in [6.07, 6.45) is 2.50. The molecule has 1 unspecified atom stereocenters. The predicted octanol–water partition coefficient (Wildman–Crippen LogP) is 1.12. The number of rotatable bonds is 2. The topological polar surface area (TPSA) is 42.4 Å². The molecule has 15 heavy (non-hydrogen) atoms. The maximum Gasteiger partial charge on any atom is 0.168 e. The Kier molecular flexibility index (Phi) is 2.97. The van der Waals surface area contributed by atoms with Crippen LogP contribution in [0.2, 0.25) is 0 Å². The molecule has 1 fully saturated rings. The number of aldehydes is 1. The molecule has 0 saturated carbocycles. The van der Waals surface area contributed by atoms with Crippen molar-refractivity contribution in [1.82, 2.24) is 4.98 Å². The highest BCUT2D eigenvalue weighted by Gasteiger charge is 2.18. The van der Waals surface area contributed by atoms with Crippen molar-refractivity contribution in [2.24, 2.45) is 0 Å². The van der Waals surface area contributed by atoms with Crippen molar-refractivity contribution in [3.63, 3.8) is 0 Å². The number of morpholine rings is 1. The van der Waals surface area contributed by atoms with E-state index in [1.54, 1.807) is 12.3 Å². The van der Waals surface area contributed by atoms with E-state index >= 15 is 0 Å². The van der Waals surface area contributed by atoms with Gasteiger partial charge < -0.3 is 9.64 Å². The van der Waals surface area contributed by atoms with Gasteiger partial charge in [-0.25, -0.2) is 0 Å². The van der Waals surface area contributed by atoms with Crippen LogP contribution >= 0.6 is 0 Å². The van der Waals surface area contributed by atoms with E-state index in [-0.39, 0.29) is 0 Å². The molecule has 0 bridgehead atoms. The molecular weight excluding hydrogens is 192 g/mol. The molecule has 1 atom stereocenters. The van der Waals surface area contributed by atoms with Gasteiger partial charge in [0, 0.05) is 12.6 Å². The van der Waals surface area contributed by atoms with Gasteiger partial charge in [-0.2, -0.15) is 0 Å². The van der Waals surface area contributed by atoms with Crippen LogP contribution in [0, 0.1) is 0 Å². The zero-order valence-electron chi connectivity index (χ0n) is 8.72. The number of nitrogens with zero attached hydrogens (tertiary/aromatic N) is 2. The largest absolute Gasteiger partial charge is 0.377 e. The second-order valence-electron chi connectivity index (χ2n) is 3.68. The lowest BCUT2D eigenvalue weighted by molar-refractivity contribution is 0.0989. The van der Waals surface area contributed by atoms with Crippen LogP contribution in [0.4, 0.5) is 5.69 Å². The van der Waals surface area contributed by atoms with Crippen LogP contribution < -0.4 is 4.90 Å². The van der Waals surface area contributed by atoms with Gasteiger partial charge in [-0.1, -0.05) is 0 Å². The molecular formula is C11H14N2O2. The third kappa shape index (κ3) is 2.15. The molecule has 1 saturated heterocycles. The molecule has 0 amide bonds. The minimum absolute atomic E-state index is 0.364. The lowest BCUT2D eigenvalue weighted by Gasteiger charge is -2.34. The summed E-state index contributed by atoms with van der Waals surface area (Å²) in [5.41, 5.74) is 1.52. The van der Waals surface area contributed by atoms with Crippen LogP contribution in [0.1, 0.15) is 17.4 Å². The Hall–Kier alpha value is -1.42. The van der Waals surface area contributed by atoms with Gasteiger partial charge in [0.05, 0.1) is 25.1 Å². The number of hydrogen-bond acceptors (Lipinski definition) is 4.